The summed E-state index contributed by atoms with van der Waals surface area (Å²) in [4.78, 5) is 17.2. The summed E-state index contributed by atoms with van der Waals surface area (Å²) in [5, 5.41) is 8.83. The minimum Gasteiger partial charge on any atom is -0.300 e. The molecule has 2 unspecified atom stereocenters. The second-order valence-corrected chi connectivity index (χ2v) is 7.44. The van der Waals surface area contributed by atoms with E-state index >= 15 is 0 Å². The number of hydrogen-bond acceptors (Lipinski definition) is 4. The van der Waals surface area contributed by atoms with Crippen molar-refractivity contribution in [3.8, 4) is 0 Å². The molecule has 2 rings (SSSR count). The lowest BCUT2D eigenvalue weighted by Gasteiger charge is -2.46. The fourth-order valence-corrected chi connectivity index (χ4v) is 4.02. The third kappa shape index (κ3) is 3.06. The van der Waals surface area contributed by atoms with E-state index < -0.39 is 16.6 Å². The van der Waals surface area contributed by atoms with E-state index in [1.807, 2.05) is 48.6 Å². The maximum absolute atomic E-state index is 12.0. The van der Waals surface area contributed by atoms with Gasteiger partial charge in [-0.15, -0.1) is 11.8 Å². The molecular formula is C17H20O3S. The first-order chi connectivity index (χ1) is 9.90. The lowest BCUT2D eigenvalue weighted by atomic mass is 9.70. The van der Waals surface area contributed by atoms with E-state index in [0.717, 1.165) is 4.90 Å². The Morgan fingerprint density at radius 1 is 1.24 bits per heavy atom. The smallest absolute Gasteiger partial charge is 0.300 e. The SMILES string of the molecule is CC(C)(C)C1(Sc2ccccc2)C=CC=CC1C(=O)OO. The summed E-state index contributed by atoms with van der Waals surface area (Å²) in [5.41, 5.74) is -0.215. The number of rotatable bonds is 3. The van der Waals surface area contributed by atoms with Crippen molar-refractivity contribution in [3.63, 3.8) is 0 Å². The van der Waals surface area contributed by atoms with E-state index in [4.69, 9.17) is 5.26 Å². The fraction of sp³-hybridized carbons (Fsp3) is 0.353. The Labute approximate surface area is 129 Å². The first-order valence-corrected chi connectivity index (χ1v) is 7.68. The molecule has 0 aliphatic heterocycles. The summed E-state index contributed by atoms with van der Waals surface area (Å²) in [5.74, 6) is -1.17. The van der Waals surface area contributed by atoms with Crippen LogP contribution in [0, 0.1) is 11.3 Å². The van der Waals surface area contributed by atoms with Crippen molar-refractivity contribution in [2.24, 2.45) is 11.3 Å². The van der Waals surface area contributed by atoms with E-state index in [1.165, 1.54) is 0 Å². The topological polar surface area (TPSA) is 46.5 Å². The van der Waals surface area contributed by atoms with Crippen LogP contribution in [0.25, 0.3) is 0 Å². The van der Waals surface area contributed by atoms with E-state index in [1.54, 1.807) is 17.8 Å². The Morgan fingerprint density at radius 3 is 2.48 bits per heavy atom. The maximum Gasteiger partial charge on any atom is 0.350 e. The van der Waals surface area contributed by atoms with Crippen LogP contribution in [-0.4, -0.2) is 16.0 Å². The van der Waals surface area contributed by atoms with Gasteiger partial charge in [-0.05, 0) is 17.5 Å². The van der Waals surface area contributed by atoms with Crippen LogP contribution in [0.1, 0.15) is 20.8 Å². The van der Waals surface area contributed by atoms with Crippen molar-refractivity contribution in [1.29, 1.82) is 0 Å². The van der Waals surface area contributed by atoms with Gasteiger partial charge in [0.15, 0.2) is 0 Å². The van der Waals surface area contributed by atoms with Crippen LogP contribution in [0.4, 0.5) is 0 Å². The molecule has 21 heavy (non-hydrogen) atoms. The lowest BCUT2D eigenvalue weighted by molar-refractivity contribution is -0.238. The molecule has 0 aromatic heterocycles. The number of allylic oxidation sites excluding steroid dienone is 2. The van der Waals surface area contributed by atoms with Gasteiger partial charge in [0.05, 0.1) is 10.7 Å². The molecule has 1 aliphatic carbocycles. The van der Waals surface area contributed by atoms with Gasteiger partial charge in [-0.2, -0.15) is 5.26 Å². The van der Waals surface area contributed by atoms with Gasteiger partial charge in [-0.25, -0.2) is 4.79 Å². The normalized spacial score (nSPS) is 24.9. The van der Waals surface area contributed by atoms with Gasteiger partial charge in [0.25, 0.3) is 0 Å². The van der Waals surface area contributed by atoms with Gasteiger partial charge < -0.3 is 4.89 Å². The quantitative estimate of drug-likeness (QED) is 0.667. The Morgan fingerprint density at radius 2 is 1.90 bits per heavy atom. The van der Waals surface area contributed by atoms with Gasteiger partial charge in [-0.1, -0.05) is 63.3 Å². The zero-order chi connectivity index (χ0) is 15.5. The lowest BCUT2D eigenvalue weighted by Crippen LogP contribution is -2.48. The number of carbonyl (C=O) groups is 1. The number of benzene rings is 1. The summed E-state index contributed by atoms with van der Waals surface area (Å²) >= 11 is 1.62. The Kier molecular flexibility index (Phi) is 4.59. The van der Waals surface area contributed by atoms with Crippen molar-refractivity contribution >= 4 is 17.7 Å². The van der Waals surface area contributed by atoms with E-state index in [9.17, 15) is 4.79 Å². The predicted octanol–water partition coefficient (Wildman–Crippen LogP) is 4.32. The van der Waals surface area contributed by atoms with Crippen LogP contribution < -0.4 is 0 Å². The molecule has 4 heteroatoms. The first kappa shape index (κ1) is 15.9. The zero-order valence-corrected chi connectivity index (χ0v) is 13.3. The molecule has 0 bridgehead atoms. The molecule has 2 atom stereocenters. The van der Waals surface area contributed by atoms with Gasteiger partial charge in [0.2, 0.25) is 0 Å². The highest BCUT2D eigenvalue weighted by Gasteiger charge is 2.51. The minimum absolute atomic E-state index is 0.215. The summed E-state index contributed by atoms with van der Waals surface area (Å²) in [6.07, 6.45) is 7.59. The molecule has 1 aromatic rings. The van der Waals surface area contributed by atoms with Gasteiger partial charge in [0, 0.05) is 4.90 Å². The largest absolute Gasteiger partial charge is 0.350 e. The van der Waals surface area contributed by atoms with Crippen LogP contribution in [0.3, 0.4) is 0 Å². The predicted molar refractivity (Wildman–Crippen MR) is 85.0 cm³/mol. The molecule has 0 heterocycles. The van der Waals surface area contributed by atoms with Gasteiger partial charge in [-0.3, -0.25) is 0 Å². The second-order valence-electron chi connectivity index (χ2n) is 6.09. The highest BCUT2D eigenvalue weighted by Crippen LogP contribution is 2.53. The van der Waals surface area contributed by atoms with Crippen molar-refractivity contribution in [2.45, 2.75) is 30.4 Å². The minimum atomic E-state index is -0.631. The summed E-state index contributed by atoms with van der Waals surface area (Å²) < 4.78 is -0.525. The molecule has 0 radical (unpaired) electrons. The monoisotopic (exact) mass is 304 g/mol. The van der Waals surface area contributed by atoms with Crippen molar-refractivity contribution in [3.05, 3.63) is 54.6 Å². The van der Waals surface area contributed by atoms with E-state index in [2.05, 4.69) is 25.7 Å². The average Bonchev–Trinajstić information content (AvgIpc) is 2.47. The zero-order valence-electron chi connectivity index (χ0n) is 12.4. The van der Waals surface area contributed by atoms with Crippen LogP contribution in [0.15, 0.2) is 59.5 Å². The van der Waals surface area contributed by atoms with Crippen LogP contribution >= 0.6 is 11.8 Å². The van der Waals surface area contributed by atoms with Crippen molar-refractivity contribution in [1.82, 2.24) is 0 Å². The average molecular weight is 304 g/mol. The van der Waals surface area contributed by atoms with Crippen LogP contribution in [-0.2, 0) is 9.68 Å². The molecule has 0 amide bonds. The third-order valence-electron chi connectivity index (χ3n) is 3.77. The Bertz CT molecular complexity index is 557. The second kappa shape index (κ2) is 6.08. The third-order valence-corrected chi connectivity index (χ3v) is 5.61. The number of thioether (sulfide) groups is 1. The van der Waals surface area contributed by atoms with Gasteiger partial charge in [0.1, 0.15) is 0 Å². The first-order valence-electron chi connectivity index (χ1n) is 6.86. The molecule has 0 saturated carbocycles. The molecule has 1 N–H and O–H groups in total. The van der Waals surface area contributed by atoms with Crippen molar-refractivity contribution < 1.29 is 14.9 Å². The summed E-state index contributed by atoms with van der Waals surface area (Å²) in [6, 6.07) is 9.95. The highest BCUT2D eigenvalue weighted by atomic mass is 32.2. The molecule has 1 aromatic carbocycles. The summed E-state index contributed by atoms with van der Waals surface area (Å²) in [6.45, 7) is 6.26. The van der Waals surface area contributed by atoms with E-state index in [-0.39, 0.29) is 5.41 Å². The highest BCUT2D eigenvalue weighted by molar-refractivity contribution is 8.01. The van der Waals surface area contributed by atoms with Crippen molar-refractivity contribution in [2.75, 3.05) is 0 Å². The van der Waals surface area contributed by atoms with Crippen LogP contribution in [0.2, 0.25) is 0 Å². The molecule has 1 aliphatic rings. The maximum atomic E-state index is 12.0. The fourth-order valence-electron chi connectivity index (χ4n) is 2.58. The summed E-state index contributed by atoms with van der Waals surface area (Å²) in [7, 11) is 0. The molecule has 0 saturated heterocycles. The number of hydrogen-bond donors (Lipinski definition) is 1. The molecule has 0 fully saturated rings. The molecule has 3 nitrogen and oxygen atoms in total. The molecule has 112 valence electrons. The number of carbonyl (C=O) groups excluding carboxylic acids is 1. The molecule has 0 spiro atoms. The van der Waals surface area contributed by atoms with Gasteiger partial charge >= 0.3 is 5.97 Å². The Balaban J connectivity index is 2.48. The Hall–Kier alpha value is -1.52. The van der Waals surface area contributed by atoms with Crippen LogP contribution in [0.5, 0.6) is 0 Å². The molecular weight excluding hydrogens is 284 g/mol. The standard InChI is InChI=1S/C17H20O3S/c1-16(2,3)17(21-13-9-5-4-6-10-13)12-8-7-11-14(17)15(18)20-19/h4-12,14,19H,1-3H3. The van der Waals surface area contributed by atoms with E-state index in [0.29, 0.717) is 0 Å².